The van der Waals surface area contributed by atoms with E-state index in [-0.39, 0.29) is 0 Å². The van der Waals surface area contributed by atoms with Crippen LogP contribution in [0.15, 0.2) is 0 Å². The van der Waals surface area contributed by atoms with Gasteiger partial charge in [0.05, 0.1) is 6.54 Å². The predicted molar refractivity (Wildman–Crippen MR) is 64.3 cm³/mol. The van der Waals surface area contributed by atoms with Crippen molar-refractivity contribution in [2.75, 3.05) is 45.8 Å². The summed E-state index contributed by atoms with van der Waals surface area (Å²) in [6.07, 6.45) is -0.560. The molecule has 0 aromatic carbocycles. The van der Waals surface area contributed by atoms with Crippen molar-refractivity contribution in [1.82, 2.24) is 9.80 Å². The average molecular weight is 265 g/mol. The summed E-state index contributed by atoms with van der Waals surface area (Å²) in [6.45, 7) is 3.52. The van der Waals surface area contributed by atoms with Crippen LogP contribution in [0.3, 0.4) is 0 Å². The molecule has 0 bridgehead atoms. The highest BCUT2D eigenvalue weighted by Crippen LogP contribution is 2.49. The minimum atomic E-state index is -4.07. The van der Waals surface area contributed by atoms with Gasteiger partial charge in [-0.05, 0) is 31.2 Å². The first-order valence-corrected chi connectivity index (χ1v) is 6.64. The third-order valence-corrected chi connectivity index (χ3v) is 4.06. The van der Waals surface area contributed by atoms with Gasteiger partial charge in [0.2, 0.25) is 0 Å². The van der Waals surface area contributed by atoms with Crippen LogP contribution in [0.2, 0.25) is 0 Å². The van der Waals surface area contributed by atoms with E-state index in [0.29, 0.717) is 25.0 Å². The van der Waals surface area contributed by atoms with Crippen molar-refractivity contribution in [3.8, 4) is 0 Å². The molecule has 2 N–H and O–H groups in total. The highest BCUT2D eigenvalue weighted by molar-refractivity contribution is 4.96. The molecule has 3 nitrogen and oxygen atoms in total. The van der Waals surface area contributed by atoms with Crippen molar-refractivity contribution in [3.63, 3.8) is 0 Å². The van der Waals surface area contributed by atoms with Crippen molar-refractivity contribution >= 4 is 0 Å². The number of rotatable bonds is 5. The van der Waals surface area contributed by atoms with Crippen LogP contribution >= 0.6 is 0 Å². The van der Waals surface area contributed by atoms with E-state index >= 15 is 0 Å². The van der Waals surface area contributed by atoms with Gasteiger partial charge in [-0.1, -0.05) is 0 Å². The SMILES string of the molecule is NCCC1(CN2CCN(CC(F)(F)F)CC2)CC1. The van der Waals surface area contributed by atoms with Crippen LogP contribution in [0.5, 0.6) is 0 Å². The topological polar surface area (TPSA) is 32.5 Å². The third kappa shape index (κ3) is 4.10. The molecular formula is C12H22F3N3. The second-order valence-electron chi connectivity index (χ2n) is 5.71. The van der Waals surface area contributed by atoms with Gasteiger partial charge in [0.1, 0.15) is 0 Å². The molecule has 1 saturated heterocycles. The molecule has 0 unspecified atom stereocenters. The first-order chi connectivity index (χ1) is 8.42. The minimum Gasteiger partial charge on any atom is -0.330 e. The predicted octanol–water partition coefficient (Wildman–Crippen LogP) is 1.30. The first-order valence-electron chi connectivity index (χ1n) is 6.64. The fourth-order valence-electron chi connectivity index (χ4n) is 2.80. The maximum atomic E-state index is 12.2. The summed E-state index contributed by atoms with van der Waals surface area (Å²) in [5.41, 5.74) is 5.99. The van der Waals surface area contributed by atoms with Gasteiger partial charge in [-0.25, -0.2) is 0 Å². The van der Waals surface area contributed by atoms with E-state index in [4.69, 9.17) is 5.73 Å². The van der Waals surface area contributed by atoms with Crippen LogP contribution in [0, 0.1) is 5.41 Å². The van der Waals surface area contributed by atoms with Crippen LogP contribution in [-0.4, -0.2) is 61.8 Å². The fourth-order valence-corrected chi connectivity index (χ4v) is 2.80. The van der Waals surface area contributed by atoms with Crippen molar-refractivity contribution in [2.45, 2.75) is 25.4 Å². The van der Waals surface area contributed by atoms with E-state index in [9.17, 15) is 13.2 Å². The number of nitrogens with zero attached hydrogens (tertiary/aromatic N) is 2. The standard InChI is InChI=1S/C12H22F3N3/c13-12(14,15)10-18-7-5-17(6-8-18)9-11(1-2-11)3-4-16/h1-10,16H2. The number of hydrogen-bond donors (Lipinski definition) is 1. The van der Waals surface area contributed by atoms with Gasteiger partial charge in [-0.3, -0.25) is 4.90 Å². The Morgan fingerprint density at radius 2 is 1.56 bits per heavy atom. The second-order valence-corrected chi connectivity index (χ2v) is 5.71. The zero-order valence-corrected chi connectivity index (χ0v) is 10.7. The molecule has 1 heterocycles. The molecule has 0 aromatic rings. The molecule has 1 saturated carbocycles. The lowest BCUT2D eigenvalue weighted by atomic mass is 10.0. The second kappa shape index (κ2) is 5.35. The first kappa shape index (κ1) is 14.1. The molecule has 2 rings (SSSR count). The van der Waals surface area contributed by atoms with Crippen molar-refractivity contribution in [3.05, 3.63) is 0 Å². The quantitative estimate of drug-likeness (QED) is 0.813. The number of alkyl halides is 3. The number of halogens is 3. The maximum absolute atomic E-state index is 12.2. The lowest BCUT2D eigenvalue weighted by Crippen LogP contribution is -2.50. The van der Waals surface area contributed by atoms with E-state index in [1.165, 1.54) is 17.7 Å². The van der Waals surface area contributed by atoms with Crippen molar-refractivity contribution in [2.24, 2.45) is 11.1 Å². The molecule has 0 aromatic heterocycles. The maximum Gasteiger partial charge on any atom is 0.401 e. The molecule has 2 aliphatic rings. The molecule has 1 aliphatic carbocycles. The van der Waals surface area contributed by atoms with E-state index in [1.807, 2.05) is 0 Å². The number of piperazine rings is 1. The minimum absolute atomic E-state index is 0.390. The van der Waals surface area contributed by atoms with Crippen LogP contribution in [0.4, 0.5) is 13.2 Å². The number of hydrogen-bond acceptors (Lipinski definition) is 3. The summed E-state index contributed by atoms with van der Waals surface area (Å²) in [5, 5.41) is 0. The van der Waals surface area contributed by atoms with E-state index in [0.717, 1.165) is 26.1 Å². The van der Waals surface area contributed by atoms with Gasteiger partial charge in [-0.2, -0.15) is 13.2 Å². The summed E-state index contributed by atoms with van der Waals surface area (Å²) in [6, 6.07) is 0. The summed E-state index contributed by atoms with van der Waals surface area (Å²) >= 11 is 0. The summed E-state index contributed by atoms with van der Waals surface area (Å²) in [5.74, 6) is 0. The normalized spacial score (nSPS) is 25.3. The van der Waals surface area contributed by atoms with Gasteiger partial charge < -0.3 is 10.6 Å². The van der Waals surface area contributed by atoms with Crippen LogP contribution in [-0.2, 0) is 0 Å². The summed E-state index contributed by atoms with van der Waals surface area (Å²) in [4.78, 5) is 3.80. The Kier molecular flexibility index (Phi) is 4.18. The van der Waals surface area contributed by atoms with Crippen molar-refractivity contribution in [1.29, 1.82) is 0 Å². The number of nitrogens with two attached hydrogens (primary N) is 1. The Morgan fingerprint density at radius 1 is 1.00 bits per heavy atom. The van der Waals surface area contributed by atoms with Gasteiger partial charge in [0.15, 0.2) is 0 Å². The van der Waals surface area contributed by atoms with Crippen LogP contribution < -0.4 is 5.73 Å². The Morgan fingerprint density at radius 3 is 2.00 bits per heavy atom. The Balaban J connectivity index is 1.70. The van der Waals surface area contributed by atoms with Gasteiger partial charge in [0.25, 0.3) is 0 Å². The van der Waals surface area contributed by atoms with Gasteiger partial charge in [0, 0.05) is 32.7 Å². The molecule has 6 heteroatoms. The molecule has 1 aliphatic heterocycles. The van der Waals surface area contributed by atoms with Crippen molar-refractivity contribution < 1.29 is 13.2 Å². The highest BCUT2D eigenvalue weighted by atomic mass is 19.4. The molecule has 0 amide bonds. The monoisotopic (exact) mass is 265 g/mol. The molecule has 0 radical (unpaired) electrons. The van der Waals surface area contributed by atoms with E-state index in [2.05, 4.69) is 4.90 Å². The lowest BCUT2D eigenvalue weighted by molar-refractivity contribution is -0.149. The average Bonchev–Trinajstić information content (AvgIpc) is 3.00. The summed E-state index contributed by atoms with van der Waals surface area (Å²) < 4.78 is 36.7. The Labute approximate surface area is 106 Å². The zero-order chi connectivity index (χ0) is 13.2. The lowest BCUT2D eigenvalue weighted by Gasteiger charge is -2.36. The Hall–Kier alpha value is -0.330. The molecule has 0 spiro atoms. The molecule has 106 valence electrons. The van der Waals surface area contributed by atoms with Crippen LogP contribution in [0.1, 0.15) is 19.3 Å². The van der Waals surface area contributed by atoms with E-state index in [1.54, 1.807) is 0 Å². The van der Waals surface area contributed by atoms with E-state index < -0.39 is 12.7 Å². The third-order valence-electron chi connectivity index (χ3n) is 4.06. The smallest absolute Gasteiger partial charge is 0.330 e. The zero-order valence-electron chi connectivity index (χ0n) is 10.7. The molecule has 0 atom stereocenters. The largest absolute Gasteiger partial charge is 0.401 e. The molecule has 18 heavy (non-hydrogen) atoms. The molecular weight excluding hydrogens is 243 g/mol. The molecule has 2 fully saturated rings. The van der Waals surface area contributed by atoms with Gasteiger partial charge >= 0.3 is 6.18 Å². The summed E-state index contributed by atoms with van der Waals surface area (Å²) in [7, 11) is 0. The fraction of sp³-hybridized carbons (Fsp3) is 1.00. The van der Waals surface area contributed by atoms with Gasteiger partial charge in [-0.15, -0.1) is 0 Å². The van der Waals surface area contributed by atoms with Crippen LogP contribution in [0.25, 0.3) is 0 Å². The Bertz CT molecular complexity index is 268. The highest BCUT2D eigenvalue weighted by Gasteiger charge is 2.43.